The summed E-state index contributed by atoms with van der Waals surface area (Å²) in [5.41, 5.74) is 3.50. The van der Waals surface area contributed by atoms with Crippen LogP contribution in [-0.4, -0.2) is 37.5 Å². The first-order chi connectivity index (χ1) is 12.9. The van der Waals surface area contributed by atoms with Crippen molar-refractivity contribution in [2.45, 2.75) is 44.6 Å². The van der Waals surface area contributed by atoms with Gasteiger partial charge < -0.3 is 9.88 Å². The van der Waals surface area contributed by atoms with E-state index in [1.54, 1.807) is 31.3 Å². The topological polar surface area (TPSA) is 88.4 Å². The highest BCUT2D eigenvalue weighted by Gasteiger charge is 2.23. The molecule has 0 saturated carbocycles. The van der Waals surface area contributed by atoms with Crippen molar-refractivity contribution >= 4 is 16.0 Å². The summed E-state index contributed by atoms with van der Waals surface area (Å²) < 4.78 is 29.8. The molecule has 1 heterocycles. The summed E-state index contributed by atoms with van der Waals surface area (Å²) in [5.74, 6) is 0.666. The lowest BCUT2D eigenvalue weighted by atomic mass is 9.89. The van der Waals surface area contributed by atoms with Gasteiger partial charge in [0.15, 0.2) is 0 Å². The van der Waals surface area contributed by atoms with Gasteiger partial charge in [-0.25, -0.2) is 18.1 Å². The number of benzene rings is 1. The van der Waals surface area contributed by atoms with Crippen LogP contribution in [0.15, 0.2) is 40.5 Å². The number of rotatable bonds is 5. The van der Waals surface area contributed by atoms with E-state index in [2.05, 4.69) is 31.5 Å². The molecule has 0 aliphatic heterocycles. The minimum absolute atomic E-state index is 0.225. The van der Waals surface area contributed by atoms with Gasteiger partial charge in [-0.2, -0.15) is 0 Å². The zero-order chi connectivity index (χ0) is 19.4. The predicted molar refractivity (Wildman–Crippen MR) is 106 cm³/mol. The Morgan fingerprint density at radius 1 is 1.33 bits per heavy atom. The number of fused-ring (bicyclic) bond motifs is 1. The first-order valence-corrected chi connectivity index (χ1v) is 10.7. The standard InChI is InChI=1S/C19H27N5O2S/c1-4-24-13-22-17-11-15(7-10-18(17)24)12-21-19(20-3)23-27(25,26)16-8-5-14(2)6-9-16/h5-6,8-9,13,15H,4,7,10-12H2,1-3H3,(H2,20,21,23). The fourth-order valence-corrected chi connectivity index (χ4v) is 4.41. The van der Waals surface area contributed by atoms with Crippen LogP contribution < -0.4 is 10.0 Å². The Bertz CT molecular complexity index is 916. The summed E-state index contributed by atoms with van der Waals surface area (Å²) in [7, 11) is -2.08. The van der Waals surface area contributed by atoms with Gasteiger partial charge in [0.25, 0.3) is 10.0 Å². The highest BCUT2D eigenvalue weighted by Crippen LogP contribution is 2.24. The summed E-state index contributed by atoms with van der Waals surface area (Å²) in [6.07, 6.45) is 4.86. The van der Waals surface area contributed by atoms with Crippen molar-refractivity contribution in [1.29, 1.82) is 0 Å². The molecule has 0 bridgehead atoms. The number of hydrogen-bond donors (Lipinski definition) is 2. The van der Waals surface area contributed by atoms with Gasteiger partial charge >= 0.3 is 0 Å². The van der Waals surface area contributed by atoms with E-state index in [1.165, 1.54) is 5.69 Å². The lowest BCUT2D eigenvalue weighted by molar-refractivity contribution is 0.437. The van der Waals surface area contributed by atoms with Crippen molar-refractivity contribution in [2.75, 3.05) is 13.6 Å². The quantitative estimate of drug-likeness (QED) is 0.604. The average Bonchev–Trinajstić information content (AvgIpc) is 3.07. The SMILES string of the molecule is CCn1cnc2c1CCC(CNC(=NC)NS(=O)(=O)c1ccc(C)cc1)C2. The fraction of sp³-hybridized carbons (Fsp3) is 0.474. The minimum atomic E-state index is -3.65. The Kier molecular flexibility index (Phi) is 5.84. The highest BCUT2D eigenvalue weighted by atomic mass is 32.2. The molecule has 0 radical (unpaired) electrons. The normalized spacial score (nSPS) is 17.4. The number of aliphatic imine (C=N–C) groups is 1. The third-order valence-corrected chi connectivity index (χ3v) is 6.34. The molecule has 7 nitrogen and oxygen atoms in total. The molecule has 0 fully saturated rings. The molecule has 2 N–H and O–H groups in total. The van der Waals surface area contributed by atoms with Gasteiger partial charge in [0.1, 0.15) is 0 Å². The Morgan fingerprint density at radius 3 is 2.74 bits per heavy atom. The Balaban J connectivity index is 1.59. The van der Waals surface area contributed by atoms with Gasteiger partial charge in [-0.05, 0) is 51.2 Å². The van der Waals surface area contributed by atoms with Gasteiger partial charge in [-0.15, -0.1) is 0 Å². The third-order valence-electron chi connectivity index (χ3n) is 4.99. The van der Waals surface area contributed by atoms with E-state index >= 15 is 0 Å². The minimum Gasteiger partial charge on any atom is -0.355 e. The molecule has 27 heavy (non-hydrogen) atoms. The van der Waals surface area contributed by atoms with E-state index < -0.39 is 10.0 Å². The van der Waals surface area contributed by atoms with E-state index in [4.69, 9.17) is 0 Å². The number of sulfonamides is 1. The lowest BCUT2D eigenvalue weighted by Crippen LogP contribution is -2.43. The molecule has 1 unspecified atom stereocenters. The van der Waals surface area contributed by atoms with Crippen LogP contribution in [0.2, 0.25) is 0 Å². The summed E-state index contributed by atoms with van der Waals surface area (Å²) in [6.45, 7) is 5.64. The van der Waals surface area contributed by atoms with Gasteiger partial charge in [0.05, 0.1) is 16.9 Å². The predicted octanol–water partition coefficient (Wildman–Crippen LogP) is 1.87. The van der Waals surface area contributed by atoms with E-state index in [0.717, 1.165) is 37.1 Å². The second kappa shape index (κ2) is 8.12. The summed E-state index contributed by atoms with van der Waals surface area (Å²) >= 11 is 0. The largest absolute Gasteiger partial charge is 0.355 e. The maximum absolute atomic E-state index is 12.5. The Hall–Kier alpha value is -2.35. The molecule has 0 spiro atoms. The number of aromatic nitrogens is 2. The van der Waals surface area contributed by atoms with Crippen molar-refractivity contribution in [3.63, 3.8) is 0 Å². The third kappa shape index (κ3) is 4.50. The van der Waals surface area contributed by atoms with Crippen LogP contribution in [-0.2, 0) is 29.4 Å². The molecule has 0 saturated heterocycles. The van der Waals surface area contributed by atoms with Gasteiger partial charge in [-0.3, -0.25) is 4.99 Å². The number of nitrogens with zero attached hydrogens (tertiary/aromatic N) is 3. The summed E-state index contributed by atoms with van der Waals surface area (Å²) in [5, 5.41) is 3.15. The molecule has 0 amide bonds. The van der Waals surface area contributed by atoms with Crippen LogP contribution in [0, 0.1) is 12.8 Å². The van der Waals surface area contributed by atoms with Crippen LogP contribution in [0.4, 0.5) is 0 Å². The lowest BCUT2D eigenvalue weighted by Gasteiger charge is -2.23. The molecule has 1 atom stereocenters. The number of guanidine groups is 1. The van der Waals surface area contributed by atoms with E-state index in [1.807, 2.05) is 13.3 Å². The van der Waals surface area contributed by atoms with E-state index in [0.29, 0.717) is 12.5 Å². The fourth-order valence-electron chi connectivity index (χ4n) is 3.38. The molecule has 1 aromatic heterocycles. The summed E-state index contributed by atoms with van der Waals surface area (Å²) in [6, 6.07) is 6.74. The first-order valence-electron chi connectivity index (χ1n) is 9.26. The zero-order valence-electron chi connectivity index (χ0n) is 16.1. The number of hydrogen-bond acceptors (Lipinski definition) is 4. The maximum atomic E-state index is 12.5. The van der Waals surface area contributed by atoms with E-state index in [9.17, 15) is 8.42 Å². The second-order valence-corrected chi connectivity index (χ2v) is 8.59. The van der Waals surface area contributed by atoms with Crippen molar-refractivity contribution in [3.05, 3.63) is 47.5 Å². The Morgan fingerprint density at radius 2 is 2.07 bits per heavy atom. The number of imidazole rings is 1. The average molecular weight is 390 g/mol. The van der Waals surface area contributed by atoms with Crippen LogP contribution in [0.3, 0.4) is 0 Å². The van der Waals surface area contributed by atoms with Crippen molar-refractivity contribution in [2.24, 2.45) is 10.9 Å². The molecule has 2 aromatic rings. The molecule has 1 aromatic carbocycles. The monoisotopic (exact) mass is 389 g/mol. The van der Waals surface area contributed by atoms with Crippen LogP contribution in [0.1, 0.15) is 30.3 Å². The van der Waals surface area contributed by atoms with Crippen molar-refractivity contribution in [1.82, 2.24) is 19.6 Å². The molecule has 3 rings (SSSR count). The van der Waals surface area contributed by atoms with Crippen LogP contribution in [0.25, 0.3) is 0 Å². The zero-order valence-corrected chi connectivity index (χ0v) is 16.9. The van der Waals surface area contributed by atoms with Crippen LogP contribution >= 0.6 is 0 Å². The number of nitrogens with one attached hydrogen (secondary N) is 2. The summed E-state index contributed by atoms with van der Waals surface area (Å²) in [4.78, 5) is 8.81. The highest BCUT2D eigenvalue weighted by molar-refractivity contribution is 7.90. The van der Waals surface area contributed by atoms with Crippen LogP contribution in [0.5, 0.6) is 0 Å². The first kappa shape index (κ1) is 19.4. The molecular weight excluding hydrogens is 362 g/mol. The molecule has 146 valence electrons. The van der Waals surface area contributed by atoms with Gasteiger partial charge in [-0.1, -0.05) is 17.7 Å². The molecule has 1 aliphatic carbocycles. The van der Waals surface area contributed by atoms with Crippen molar-refractivity contribution < 1.29 is 8.42 Å². The number of aryl methyl sites for hydroxylation is 2. The van der Waals surface area contributed by atoms with E-state index in [-0.39, 0.29) is 10.9 Å². The van der Waals surface area contributed by atoms with Gasteiger partial charge in [0, 0.05) is 25.8 Å². The molecule has 1 aliphatic rings. The van der Waals surface area contributed by atoms with Gasteiger partial charge in [0.2, 0.25) is 5.96 Å². The van der Waals surface area contributed by atoms with Crippen molar-refractivity contribution in [3.8, 4) is 0 Å². The maximum Gasteiger partial charge on any atom is 0.264 e. The smallest absolute Gasteiger partial charge is 0.264 e. The molecule has 8 heteroatoms. The Labute approximate surface area is 161 Å². The molecular formula is C19H27N5O2S. The second-order valence-electron chi connectivity index (χ2n) is 6.90.